The SMILES string of the molecule is C[C@@H]1C[C@H](C)CN(c2ncc(Cl)c(Nc3ccc4c(c3)cc(SCC(=O)O)c(=O)n4C)n2)C1. The number of piperidine rings is 1. The molecule has 0 amide bonds. The number of aromatic nitrogens is 3. The quantitative estimate of drug-likeness (QED) is 0.494. The smallest absolute Gasteiger partial charge is 0.313 e. The second-order valence-electron chi connectivity index (χ2n) is 8.67. The van der Waals surface area contributed by atoms with Crippen LogP contribution in [-0.4, -0.2) is 44.5 Å². The van der Waals surface area contributed by atoms with Gasteiger partial charge >= 0.3 is 5.97 Å². The number of pyridine rings is 1. The van der Waals surface area contributed by atoms with Crippen molar-refractivity contribution in [2.75, 3.05) is 29.1 Å². The number of halogens is 1. The van der Waals surface area contributed by atoms with E-state index in [1.807, 2.05) is 18.2 Å². The van der Waals surface area contributed by atoms with Crippen molar-refractivity contribution in [2.24, 2.45) is 18.9 Å². The van der Waals surface area contributed by atoms with Gasteiger partial charge in [-0.15, -0.1) is 11.8 Å². The van der Waals surface area contributed by atoms with E-state index in [1.54, 1.807) is 19.3 Å². The predicted molar refractivity (Wildman–Crippen MR) is 133 cm³/mol. The second-order valence-corrected chi connectivity index (χ2v) is 10.1. The number of benzene rings is 1. The fraction of sp³-hybridized carbons (Fsp3) is 0.391. The summed E-state index contributed by atoms with van der Waals surface area (Å²) in [5.74, 6) is 1.16. The summed E-state index contributed by atoms with van der Waals surface area (Å²) in [7, 11) is 1.68. The molecule has 1 saturated heterocycles. The summed E-state index contributed by atoms with van der Waals surface area (Å²) in [6.07, 6.45) is 2.81. The number of anilines is 3. The van der Waals surface area contributed by atoms with Crippen LogP contribution in [0.1, 0.15) is 20.3 Å². The standard InChI is InChI=1S/C23H26ClN5O3S/c1-13-6-14(2)11-29(10-13)23-25-9-17(24)21(27-23)26-16-4-5-18-15(7-16)8-19(22(32)28(18)3)33-12-20(30)31/h4-5,7-9,13-14H,6,10-12H2,1-3H3,(H,30,31)(H,25,26,27)/t13-,14+. The summed E-state index contributed by atoms with van der Waals surface area (Å²) < 4.78 is 1.53. The van der Waals surface area contributed by atoms with Crippen LogP contribution < -0.4 is 15.8 Å². The number of carboxylic acid groups (broad SMARTS) is 1. The van der Waals surface area contributed by atoms with Crippen molar-refractivity contribution in [3.8, 4) is 0 Å². The third kappa shape index (κ3) is 5.25. The predicted octanol–water partition coefficient (Wildman–Crippen LogP) is 4.38. The highest BCUT2D eigenvalue weighted by Crippen LogP contribution is 2.30. The summed E-state index contributed by atoms with van der Waals surface area (Å²) in [5, 5.41) is 13.4. The Kier molecular flexibility index (Phi) is 6.81. The molecule has 0 saturated carbocycles. The third-order valence-corrected chi connectivity index (χ3v) is 6.96. The number of rotatable bonds is 6. The van der Waals surface area contributed by atoms with E-state index in [0.717, 1.165) is 41.4 Å². The molecule has 3 heterocycles. The highest BCUT2D eigenvalue weighted by molar-refractivity contribution is 8.00. The Bertz CT molecular complexity index is 1250. The van der Waals surface area contributed by atoms with Gasteiger partial charge < -0.3 is 19.9 Å². The van der Waals surface area contributed by atoms with Gasteiger partial charge in [-0.25, -0.2) is 4.98 Å². The molecule has 0 unspecified atom stereocenters. The number of carboxylic acids is 1. The minimum atomic E-state index is -0.968. The molecule has 0 spiro atoms. The van der Waals surface area contributed by atoms with Gasteiger partial charge in [-0.2, -0.15) is 4.98 Å². The molecule has 10 heteroatoms. The molecule has 33 heavy (non-hydrogen) atoms. The molecule has 1 aliphatic heterocycles. The lowest BCUT2D eigenvalue weighted by Crippen LogP contribution is -2.39. The molecule has 4 rings (SSSR count). The zero-order valence-corrected chi connectivity index (χ0v) is 20.3. The van der Waals surface area contributed by atoms with Crippen LogP contribution in [-0.2, 0) is 11.8 Å². The van der Waals surface area contributed by atoms with Gasteiger partial charge in [-0.1, -0.05) is 25.4 Å². The summed E-state index contributed by atoms with van der Waals surface area (Å²) in [4.78, 5) is 35.2. The van der Waals surface area contributed by atoms with Gasteiger partial charge in [0.05, 0.1) is 22.4 Å². The Morgan fingerprint density at radius 1 is 1.27 bits per heavy atom. The molecule has 0 radical (unpaired) electrons. The molecule has 0 bridgehead atoms. The second kappa shape index (κ2) is 9.61. The van der Waals surface area contributed by atoms with Crippen LogP contribution in [0.3, 0.4) is 0 Å². The van der Waals surface area contributed by atoms with Crippen LogP contribution in [0.2, 0.25) is 5.02 Å². The van der Waals surface area contributed by atoms with Crippen molar-refractivity contribution < 1.29 is 9.90 Å². The molecular formula is C23H26ClN5O3S. The van der Waals surface area contributed by atoms with E-state index in [2.05, 4.69) is 34.0 Å². The van der Waals surface area contributed by atoms with Crippen molar-refractivity contribution in [3.63, 3.8) is 0 Å². The zero-order chi connectivity index (χ0) is 23.7. The van der Waals surface area contributed by atoms with Gasteiger partial charge in [0.2, 0.25) is 5.95 Å². The van der Waals surface area contributed by atoms with Gasteiger partial charge in [-0.05, 0) is 42.5 Å². The van der Waals surface area contributed by atoms with Gasteiger partial charge in [0, 0.05) is 31.2 Å². The van der Waals surface area contributed by atoms with Crippen molar-refractivity contribution in [3.05, 3.63) is 45.8 Å². The molecule has 2 aromatic heterocycles. The van der Waals surface area contributed by atoms with Crippen LogP contribution in [0.25, 0.3) is 10.9 Å². The number of hydrogen-bond donors (Lipinski definition) is 2. The summed E-state index contributed by atoms with van der Waals surface area (Å²) in [6, 6.07) is 7.31. The maximum Gasteiger partial charge on any atom is 0.313 e. The number of fused-ring (bicyclic) bond motifs is 1. The molecule has 2 atom stereocenters. The van der Waals surface area contributed by atoms with E-state index < -0.39 is 5.97 Å². The van der Waals surface area contributed by atoms with E-state index in [-0.39, 0.29) is 11.3 Å². The topological polar surface area (TPSA) is 100 Å². The van der Waals surface area contributed by atoms with Crippen LogP contribution in [0.15, 0.2) is 40.2 Å². The van der Waals surface area contributed by atoms with Crippen LogP contribution in [0.5, 0.6) is 0 Å². The van der Waals surface area contributed by atoms with Crippen molar-refractivity contribution in [1.82, 2.24) is 14.5 Å². The summed E-state index contributed by atoms with van der Waals surface area (Å²) >= 11 is 7.41. The lowest BCUT2D eigenvalue weighted by Gasteiger charge is -2.35. The average Bonchev–Trinajstić information content (AvgIpc) is 2.76. The molecule has 174 valence electrons. The fourth-order valence-electron chi connectivity index (χ4n) is 4.33. The Hall–Kier alpha value is -2.78. The maximum absolute atomic E-state index is 12.5. The first-order valence-corrected chi connectivity index (χ1v) is 12.1. The van der Waals surface area contributed by atoms with E-state index in [0.29, 0.717) is 33.5 Å². The first-order valence-electron chi connectivity index (χ1n) is 10.7. The number of aliphatic carboxylic acids is 1. The third-order valence-electron chi connectivity index (χ3n) is 5.69. The van der Waals surface area contributed by atoms with E-state index >= 15 is 0 Å². The van der Waals surface area contributed by atoms with Crippen molar-refractivity contribution >= 4 is 57.7 Å². The van der Waals surface area contributed by atoms with Crippen molar-refractivity contribution in [1.29, 1.82) is 0 Å². The Balaban J connectivity index is 1.64. The average molecular weight is 488 g/mol. The van der Waals surface area contributed by atoms with E-state index in [9.17, 15) is 9.59 Å². The first-order chi connectivity index (χ1) is 15.7. The highest BCUT2D eigenvalue weighted by atomic mass is 35.5. The molecule has 0 aliphatic carbocycles. The molecule has 1 aliphatic rings. The van der Waals surface area contributed by atoms with E-state index in [1.165, 1.54) is 11.0 Å². The number of nitrogens with one attached hydrogen (secondary N) is 1. The lowest BCUT2D eigenvalue weighted by atomic mass is 9.92. The van der Waals surface area contributed by atoms with Gasteiger partial charge in [0.15, 0.2) is 5.82 Å². The number of nitrogens with zero attached hydrogens (tertiary/aromatic N) is 4. The zero-order valence-electron chi connectivity index (χ0n) is 18.7. The van der Waals surface area contributed by atoms with Crippen LogP contribution in [0.4, 0.5) is 17.5 Å². The Morgan fingerprint density at radius 3 is 2.70 bits per heavy atom. The fourth-order valence-corrected chi connectivity index (χ4v) is 5.22. The molecule has 1 fully saturated rings. The number of hydrogen-bond acceptors (Lipinski definition) is 7. The first kappa shape index (κ1) is 23.4. The normalized spacial score (nSPS) is 18.5. The van der Waals surface area contributed by atoms with Gasteiger partial charge in [-0.3, -0.25) is 9.59 Å². The van der Waals surface area contributed by atoms with E-state index in [4.69, 9.17) is 16.7 Å². The van der Waals surface area contributed by atoms with Crippen molar-refractivity contribution in [2.45, 2.75) is 25.2 Å². The van der Waals surface area contributed by atoms with Crippen LogP contribution >= 0.6 is 23.4 Å². The molecular weight excluding hydrogens is 462 g/mol. The van der Waals surface area contributed by atoms with Crippen LogP contribution in [0, 0.1) is 11.8 Å². The Morgan fingerprint density at radius 2 is 2.00 bits per heavy atom. The minimum absolute atomic E-state index is 0.175. The number of aryl methyl sites for hydroxylation is 1. The van der Waals surface area contributed by atoms with Gasteiger partial charge in [0.25, 0.3) is 5.56 Å². The molecule has 3 aromatic rings. The molecule has 1 aromatic carbocycles. The summed E-state index contributed by atoms with van der Waals surface area (Å²) in [5.41, 5.74) is 1.28. The largest absolute Gasteiger partial charge is 0.481 e. The summed E-state index contributed by atoms with van der Waals surface area (Å²) in [6.45, 7) is 6.30. The lowest BCUT2D eigenvalue weighted by molar-refractivity contribution is -0.133. The minimum Gasteiger partial charge on any atom is -0.481 e. The van der Waals surface area contributed by atoms with Gasteiger partial charge in [0.1, 0.15) is 5.02 Å². The molecule has 8 nitrogen and oxygen atoms in total. The Labute approximate surface area is 201 Å². The highest BCUT2D eigenvalue weighted by Gasteiger charge is 2.24. The number of carbonyl (C=O) groups is 1. The monoisotopic (exact) mass is 487 g/mol. The molecule has 2 N–H and O–H groups in total. The maximum atomic E-state index is 12.5. The number of thioether (sulfide) groups is 1.